The van der Waals surface area contributed by atoms with E-state index in [4.69, 9.17) is 4.74 Å². The summed E-state index contributed by atoms with van der Waals surface area (Å²) in [4.78, 5) is 17.4. The van der Waals surface area contributed by atoms with Crippen molar-refractivity contribution in [1.82, 2.24) is 9.97 Å². The highest BCUT2D eigenvalue weighted by atomic mass is 16.6. The predicted molar refractivity (Wildman–Crippen MR) is 70.4 cm³/mol. The second-order valence-corrected chi connectivity index (χ2v) is 3.89. The Morgan fingerprint density at radius 1 is 1.47 bits per heavy atom. The summed E-state index contributed by atoms with van der Waals surface area (Å²) >= 11 is 0. The van der Waals surface area contributed by atoms with E-state index in [-0.39, 0.29) is 5.69 Å². The van der Waals surface area contributed by atoms with E-state index >= 15 is 0 Å². The number of benzene rings is 1. The first-order chi connectivity index (χ1) is 9.19. The molecule has 0 amide bonds. The molecule has 0 unspecified atom stereocenters. The molecule has 19 heavy (non-hydrogen) atoms. The molecule has 2 rings (SSSR count). The summed E-state index contributed by atoms with van der Waals surface area (Å²) in [6, 6.07) is 4.58. The molecule has 0 spiro atoms. The number of nitro benzene ring substituents is 1. The van der Waals surface area contributed by atoms with E-state index in [9.17, 15) is 10.1 Å². The van der Waals surface area contributed by atoms with E-state index in [0.29, 0.717) is 24.4 Å². The second kappa shape index (κ2) is 5.85. The molecule has 0 saturated heterocycles. The second-order valence-electron chi connectivity index (χ2n) is 3.89. The van der Waals surface area contributed by atoms with E-state index in [1.54, 1.807) is 18.5 Å². The van der Waals surface area contributed by atoms with Gasteiger partial charge in [-0.15, -0.1) is 0 Å². The van der Waals surface area contributed by atoms with Crippen molar-refractivity contribution >= 4 is 11.4 Å². The van der Waals surface area contributed by atoms with Gasteiger partial charge in [-0.25, -0.2) is 4.98 Å². The highest BCUT2D eigenvalue weighted by Crippen LogP contribution is 2.25. The van der Waals surface area contributed by atoms with Crippen LogP contribution in [0.3, 0.4) is 0 Å². The van der Waals surface area contributed by atoms with Crippen molar-refractivity contribution in [2.24, 2.45) is 0 Å². The van der Waals surface area contributed by atoms with E-state index in [1.807, 2.05) is 0 Å². The van der Waals surface area contributed by atoms with Gasteiger partial charge < -0.3 is 15.0 Å². The average molecular weight is 262 g/mol. The Morgan fingerprint density at radius 3 is 2.95 bits per heavy atom. The number of nitro groups is 1. The number of imidazole rings is 1. The average Bonchev–Trinajstić information content (AvgIpc) is 2.91. The molecule has 0 aliphatic carbocycles. The SMILES string of the molecule is COc1cc(NCCc2ncc[nH]2)cc([N+](=O)[O-])c1. The molecular formula is C12H14N4O3. The van der Waals surface area contributed by atoms with E-state index in [2.05, 4.69) is 15.3 Å². The molecule has 0 bridgehead atoms. The van der Waals surface area contributed by atoms with Crippen molar-refractivity contribution in [3.05, 3.63) is 46.5 Å². The fourth-order valence-corrected chi connectivity index (χ4v) is 1.67. The lowest BCUT2D eigenvalue weighted by Gasteiger charge is -2.07. The zero-order valence-corrected chi connectivity index (χ0v) is 10.4. The van der Waals surface area contributed by atoms with Gasteiger partial charge in [0.2, 0.25) is 0 Å². The van der Waals surface area contributed by atoms with Crippen LogP contribution in [0.1, 0.15) is 5.82 Å². The number of methoxy groups -OCH3 is 1. The number of nitrogens with zero attached hydrogens (tertiary/aromatic N) is 2. The summed E-state index contributed by atoms with van der Waals surface area (Å²) < 4.78 is 5.03. The third-order valence-electron chi connectivity index (χ3n) is 2.58. The largest absolute Gasteiger partial charge is 0.496 e. The number of hydrogen-bond donors (Lipinski definition) is 2. The summed E-state index contributed by atoms with van der Waals surface area (Å²) in [7, 11) is 1.48. The molecule has 0 aliphatic heterocycles. The summed E-state index contributed by atoms with van der Waals surface area (Å²) in [5.41, 5.74) is 0.650. The topological polar surface area (TPSA) is 93.1 Å². The van der Waals surface area contributed by atoms with Crippen molar-refractivity contribution in [2.75, 3.05) is 19.0 Å². The minimum Gasteiger partial charge on any atom is -0.496 e. The molecule has 100 valence electrons. The van der Waals surface area contributed by atoms with E-state index in [1.165, 1.54) is 19.2 Å². The standard InChI is InChI=1S/C12H14N4O3/c1-19-11-7-9(6-10(8-11)16(17)18)13-3-2-12-14-4-5-15-12/h4-8,13H,2-3H2,1H3,(H,14,15). The summed E-state index contributed by atoms with van der Waals surface area (Å²) in [5, 5.41) is 13.9. The summed E-state index contributed by atoms with van der Waals surface area (Å²) in [5.74, 6) is 1.32. The molecule has 7 nitrogen and oxygen atoms in total. The van der Waals surface area contributed by atoms with Crippen LogP contribution in [-0.4, -0.2) is 28.5 Å². The molecule has 0 saturated carbocycles. The molecular weight excluding hydrogens is 248 g/mol. The number of rotatable bonds is 6. The fraction of sp³-hybridized carbons (Fsp3) is 0.250. The molecule has 0 aliphatic rings. The number of nitrogens with one attached hydrogen (secondary N) is 2. The molecule has 1 aromatic heterocycles. The van der Waals surface area contributed by atoms with Gasteiger partial charge in [-0.3, -0.25) is 10.1 Å². The van der Waals surface area contributed by atoms with Gasteiger partial charge in [0.25, 0.3) is 5.69 Å². The quantitative estimate of drug-likeness (QED) is 0.613. The summed E-state index contributed by atoms with van der Waals surface area (Å²) in [6.45, 7) is 0.623. The van der Waals surface area contributed by atoms with Gasteiger partial charge in [0.1, 0.15) is 11.6 Å². The third-order valence-corrected chi connectivity index (χ3v) is 2.58. The van der Waals surface area contributed by atoms with Crippen molar-refractivity contribution in [2.45, 2.75) is 6.42 Å². The first kappa shape index (κ1) is 12.9. The highest BCUT2D eigenvalue weighted by Gasteiger charge is 2.10. The Balaban J connectivity index is 2.02. The lowest BCUT2D eigenvalue weighted by molar-refractivity contribution is -0.384. The molecule has 0 radical (unpaired) electrons. The van der Waals surface area contributed by atoms with E-state index in [0.717, 1.165) is 5.82 Å². The van der Waals surface area contributed by atoms with Crippen LogP contribution in [0.25, 0.3) is 0 Å². The number of aromatic nitrogens is 2. The van der Waals surface area contributed by atoms with Crippen LogP contribution < -0.4 is 10.1 Å². The van der Waals surface area contributed by atoms with Crippen LogP contribution >= 0.6 is 0 Å². The molecule has 7 heteroatoms. The van der Waals surface area contributed by atoms with Crippen molar-refractivity contribution in [3.63, 3.8) is 0 Å². The summed E-state index contributed by atoms with van der Waals surface area (Å²) in [6.07, 6.45) is 4.15. The number of anilines is 1. The Bertz CT molecular complexity index is 554. The van der Waals surface area contributed by atoms with Crippen LogP contribution in [0.15, 0.2) is 30.6 Å². The highest BCUT2D eigenvalue weighted by molar-refractivity contribution is 5.56. The number of ether oxygens (including phenoxy) is 1. The van der Waals surface area contributed by atoms with Crippen molar-refractivity contribution in [3.8, 4) is 5.75 Å². The van der Waals surface area contributed by atoms with Crippen molar-refractivity contribution < 1.29 is 9.66 Å². The number of hydrogen-bond acceptors (Lipinski definition) is 5. The Morgan fingerprint density at radius 2 is 2.32 bits per heavy atom. The monoisotopic (exact) mass is 262 g/mol. The fourth-order valence-electron chi connectivity index (χ4n) is 1.67. The van der Waals surface area contributed by atoms with Crippen LogP contribution in [0.5, 0.6) is 5.75 Å². The minimum atomic E-state index is -0.444. The normalized spacial score (nSPS) is 10.2. The van der Waals surface area contributed by atoms with Gasteiger partial charge in [-0.05, 0) is 0 Å². The molecule has 2 aromatic rings. The third kappa shape index (κ3) is 3.44. The van der Waals surface area contributed by atoms with Crippen LogP contribution in [0.4, 0.5) is 11.4 Å². The molecule has 0 atom stereocenters. The first-order valence-corrected chi connectivity index (χ1v) is 5.74. The Labute approximate surface area is 109 Å². The lowest BCUT2D eigenvalue weighted by atomic mass is 10.2. The number of non-ortho nitro benzene ring substituents is 1. The van der Waals surface area contributed by atoms with Gasteiger partial charge in [0.05, 0.1) is 18.1 Å². The zero-order valence-electron chi connectivity index (χ0n) is 10.4. The zero-order chi connectivity index (χ0) is 13.7. The van der Waals surface area contributed by atoms with Crippen molar-refractivity contribution in [1.29, 1.82) is 0 Å². The maximum absolute atomic E-state index is 10.8. The number of aromatic amines is 1. The van der Waals surface area contributed by atoms with Gasteiger partial charge in [-0.1, -0.05) is 0 Å². The van der Waals surface area contributed by atoms with E-state index < -0.39 is 4.92 Å². The smallest absolute Gasteiger partial charge is 0.275 e. The predicted octanol–water partition coefficient (Wildman–Crippen LogP) is 1.98. The van der Waals surface area contributed by atoms with Gasteiger partial charge in [0.15, 0.2) is 0 Å². The Hall–Kier alpha value is -2.57. The molecule has 1 heterocycles. The van der Waals surface area contributed by atoms with Gasteiger partial charge in [0, 0.05) is 43.2 Å². The maximum atomic E-state index is 10.8. The molecule has 2 N–H and O–H groups in total. The number of H-pyrrole nitrogens is 1. The Kier molecular flexibility index (Phi) is 3.97. The minimum absolute atomic E-state index is 0.000140. The first-order valence-electron chi connectivity index (χ1n) is 5.74. The molecule has 0 fully saturated rings. The van der Waals surface area contributed by atoms with Gasteiger partial charge >= 0.3 is 0 Å². The van der Waals surface area contributed by atoms with Gasteiger partial charge in [-0.2, -0.15) is 0 Å². The maximum Gasteiger partial charge on any atom is 0.275 e. The van der Waals surface area contributed by atoms with Crippen LogP contribution in [0, 0.1) is 10.1 Å². The van der Waals surface area contributed by atoms with Crippen LogP contribution in [0.2, 0.25) is 0 Å². The lowest BCUT2D eigenvalue weighted by Crippen LogP contribution is -2.06. The van der Waals surface area contributed by atoms with Crippen LogP contribution in [-0.2, 0) is 6.42 Å². The molecule has 1 aromatic carbocycles.